The number of rotatable bonds is 0. The summed E-state index contributed by atoms with van der Waals surface area (Å²) in [6.07, 6.45) is 13.8. The smallest absolute Gasteiger partial charge is 0.00435 e. The summed E-state index contributed by atoms with van der Waals surface area (Å²) in [5.74, 6) is 2.23. The van der Waals surface area contributed by atoms with Crippen LogP contribution >= 0.6 is 0 Å². The molecule has 1 N–H and O–H groups in total. The maximum atomic E-state index is 3.55. The predicted octanol–water partition coefficient (Wildman–Crippen LogP) is 3.35. The summed E-state index contributed by atoms with van der Waals surface area (Å²) in [6.45, 7) is 2.59. The van der Waals surface area contributed by atoms with Crippen LogP contribution in [0.5, 0.6) is 0 Å². The molecular weight excluding hydrogens is 182 g/mol. The molecule has 1 nitrogen and oxygen atoms in total. The van der Waals surface area contributed by atoms with E-state index in [0.29, 0.717) is 0 Å². The molecule has 1 spiro atoms. The van der Waals surface area contributed by atoms with Crippen LogP contribution in [0.3, 0.4) is 0 Å². The molecular formula is C14H25N. The average molecular weight is 207 g/mol. The fraction of sp³-hybridized carbons (Fsp3) is 1.00. The van der Waals surface area contributed by atoms with Gasteiger partial charge in [0.2, 0.25) is 0 Å². The van der Waals surface area contributed by atoms with Crippen LogP contribution in [0.1, 0.15) is 57.8 Å². The highest BCUT2D eigenvalue weighted by molar-refractivity contribution is 4.97. The maximum Gasteiger partial charge on any atom is -0.00435 e. The molecule has 3 fully saturated rings. The second-order valence-electron chi connectivity index (χ2n) is 6.16. The zero-order valence-electron chi connectivity index (χ0n) is 9.93. The number of hydrogen-bond donors (Lipinski definition) is 1. The fourth-order valence-electron chi connectivity index (χ4n) is 4.81. The van der Waals surface area contributed by atoms with Gasteiger partial charge in [-0.2, -0.15) is 0 Å². The molecule has 2 saturated carbocycles. The van der Waals surface area contributed by atoms with Crippen molar-refractivity contribution in [3.63, 3.8) is 0 Å². The van der Waals surface area contributed by atoms with Crippen LogP contribution in [0.4, 0.5) is 0 Å². The molecule has 0 aromatic carbocycles. The Morgan fingerprint density at radius 2 is 1.53 bits per heavy atom. The first-order valence-electron chi connectivity index (χ1n) is 7.11. The van der Waals surface area contributed by atoms with E-state index in [4.69, 9.17) is 0 Å². The van der Waals surface area contributed by atoms with Crippen molar-refractivity contribution < 1.29 is 0 Å². The Morgan fingerprint density at radius 3 is 2.40 bits per heavy atom. The summed E-state index contributed by atoms with van der Waals surface area (Å²) in [4.78, 5) is 0. The van der Waals surface area contributed by atoms with Gasteiger partial charge in [0.05, 0.1) is 0 Å². The highest BCUT2D eigenvalue weighted by atomic mass is 14.9. The van der Waals surface area contributed by atoms with E-state index in [2.05, 4.69) is 5.32 Å². The Balaban J connectivity index is 1.79. The molecule has 0 unspecified atom stereocenters. The van der Waals surface area contributed by atoms with Crippen molar-refractivity contribution >= 4 is 0 Å². The largest absolute Gasteiger partial charge is 0.317 e. The van der Waals surface area contributed by atoms with Gasteiger partial charge in [-0.05, 0) is 56.0 Å². The van der Waals surface area contributed by atoms with Gasteiger partial charge in [-0.1, -0.05) is 32.1 Å². The molecule has 1 saturated heterocycles. The first kappa shape index (κ1) is 10.1. The zero-order chi connectivity index (χ0) is 10.1. The van der Waals surface area contributed by atoms with E-state index in [0.717, 1.165) is 17.3 Å². The van der Waals surface area contributed by atoms with Crippen LogP contribution in [-0.4, -0.2) is 13.1 Å². The van der Waals surface area contributed by atoms with Crippen molar-refractivity contribution in [3.8, 4) is 0 Å². The van der Waals surface area contributed by atoms with Crippen LogP contribution in [0.2, 0.25) is 0 Å². The van der Waals surface area contributed by atoms with Gasteiger partial charge in [0.25, 0.3) is 0 Å². The summed E-state index contributed by atoms with van der Waals surface area (Å²) in [6, 6.07) is 0. The second-order valence-corrected chi connectivity index (χ2v) is 6.16. The Bertz CT molecular complexity index is 210. The van der Waals surface area contributed by atoms with Gasteiger partial charge in [0.1, 0.15) is 0 Å². The normalized spacial score (nSPS) is 40.0. The van der Waals surface area contributed by atoms with Crippen LogP contribution < -0.4 is 5.32 Å². The van der Waals surface area contributed by atoms with Gasteiger partial charge in [-0.15, -0.1) is 0 Å². The minimum Gasteiger partial charge on any atom is -0.317 e. The van der Waals surface area contributed by atoms with Crippen molar-refractivity contribution in [2.45, 2.75) is 57.8 Å². The number of nitrogens with one attached hydrogen (secondary N) is 1. The molecule has 2 aliphatic carbocycles. The molecule has 3 rings (SSSR count). The third-order valence-electron chi connectivity index (χ3n) is 5.54. The van der Waals surface area contributed by atoms with Gasteiger partial charge in [0.15, 0.2) is 0 Å². The highest BCUT2D eigenvalue weighted by Gasteiger charge is 2.45. The van der Waals surface area contributed by atoms with E-state index in [1.807, 2.05) is 0 Å². The molecule has 86 valence electrons. The summed E-state index contributed by atoms with van der Waals surface area (Å²) in [5.41, 5.74) is 0.786. The van der Waals surface area contributed by atoms with Gasteiger partial charge in [0, 0.05) is 0 Å². The molecule has 1 heterocycles. The lowest BCUT2D eigenvalue weighted by molar-refractivity contribution is -0.0121. The lowest BCUT2D eigenvalue weighted by atomic mass is 9.54. The summed E-state index contributed by atoms with van der Waals surface area (Å²) in [5, 5.41) is 3.55. The van der Waals surface area contributed by atoms with Crippen molar-refractivity contribution in [2.24, 2.45) is 17.3 Å². The van der Waals surface area contributed by atoms with E-state index in [-0.39, 0.29) is 0 Å². The molecule has 2 atom stereocenters. The van der Waals surface area contributed by atoms with Gasteiger partial charge >= 0.3 is 0 Å². The number of fused-ring (bicyclic) bond motifs is 2. The predicted molar refractivity (Wildman–Crippen MR) is 63.8 cm³/mol. The van der Waals surface area contributed by atoms with Crippen LogP contribution in [-0.2, 0) is 0 Å². The Morgan fingerprint density at radius 1 is 0.800 bits per heavy atom. The van der Waals surface area contributed by atoms with Crippen molar-refractivity contribution in [1.82, 2.24) is 5.32 Å². The zero-order valence-corrected chi connectivity index (χ0v) is 9.93. The summed E-state index contributed by atoms with van der Waals surface area (Å²) >= 11 is 0. The SMILES string of the molecule is C1CC[C@H]2[C@@H](C1)CCCC21CCNCC1. The maximum absolute atomic E-state index is 3.55. The third-order valence-corrected chi connectivity index (χ3v) is 5.54. The highest BCUT2D eigenvalue weighted by Crippen LogP contribution is 2.54. The Hall–Kier alpha value is -0.0400. The van der Waals surface area contributed by atoms with Gasteiger partial charge in [-0.25, -0.2) is 0 Å². The first-order chi connectivity index (χ1) is 7.41. The van der Waals surface area contributed by atoms with E-state index in [1.165, 1.54) is 45.2 Å². The van der Waals surface area contributed by atoms with Crippen molar-refractivity contribution in [3.05, 3.63) is 0 Å². The molecule has 15 heavy (non-hydrogen) atoms. The van der Waals surface area contributed by atoms with E-state index >= 15 is 0 Å². The summed E-state index contributed by atoms with van der Waals surface area (Å²) < 4.78 is 0. The third kappa shape index (κ3) is 1.73. The topological polar surface area (TPSA) is 12.0 Å². The molecule has 0 bridgehead atoms. The molecule has 0 aromatic rings. The van der Waals surface area contributed by atoms with E-state index in [1.54, 1.807) is 25.7 Å². The molecule has 3 aliphatic rings. The van der Waals surface area contributed by atoms with Crippen LogP contribution in [0.15, 0.2) is 0 Å². The molecule has 1 aliphatic heterocycles. The average Bonchev–Trinajstić information content (AvgIpc) is 2.31. The first-order valence-corrected chi connectivity index (χ1v) is 7.11. The minimum atomic E-state index is 0.786. The molecule has 0 radical (unpaired) electrons. The van der Waals surface area contributed by atoms with Gasteiger partial charge < -0.3 is 5.32 Å². The quantitative estimate of drug-likeness (QED) is 0.642. The van der Waals surface area contributed by atoms with E-state index in [9.17, 15) is 0 Å². The monoisotopic (exact) mass is 207 g/mol. The molecule has 0 amide bonds. The number of piperidine rings is 1. The Kier molecular flexibility index (Phi) is 2.76. The standard InChI is InChI=1S/C14H25N/c1-2-6-13-12(4-1)5-3-7-14(13)8-10-15-11-9-14/h12-13,15H,1-11H2/t12-,13-/m0/s1. The van der Waals surface area contributed by atoms with Crippen LogP contribution in [0, 0.1) is 17.3 Å². The minimum absolute atomic E-state index is 0.786. The lowest BCUT2D eigenvalue weighted by Gasteiger charge is -2.52. The van der Waals surface area contributed by atoms with E-state index < -0.39 is 0 Å². The van der Waals surface area contributed by atoms with Crippen LogP contribution in [0.25, 0.3) is 0 Å². The second kappa shape index (κ2) is 4.08. The van der Waals surface area contributed by atoms with Crippen molar-refractivity contribution in [2.75, 3.05) is 13.1 Å². The fourth-order valence-corrected chi connectivity index (χ4v) is 4.81. The van der Waals surface area contributed by atoms with Crippen molar-refractivity contribution in [1.29, 1.82) is 0 Å². The van der Waals surface area contributed by atoms with Gasteiger partial charge in [-0.3, -0.25) is 0 Å². The molecule has 1 heteroatoms. The molecule has 0 aromatic heterocycles. The summed E-state index contributed by atoms with van der Waals surface area (Å²) in [7, 11) is 0. The number of hydrogen-bond acceptors (Lipinski definition) is 1. The Labute approximate surface area is 94.0 Å². The lowest BCUT2D eigenvalue weighted by Crippen LogP contribution is -2.47.